The van der Waals surface area contributed by atoms with Crippen molar-refractivity contribution >= 4 is 11.6 Å². The van der Waals surface area contributed by atoms with Gasteiger partial charge in [-0.05, 0) is 60.7 Å². The Kier molecular flexibility index (Phi) is 3.75. The number of aryl methyl sites for hydroxylation is 1. The van der Waals surface area contributed by atoms with Crippen molar-refractivity contribution < 1.29 is 14.6 Å². The fraction of sp³-hybridized carbons (Fsp3) is 0.278. The van der Waals surface area contributed by atoms with Gasteiger partial charge in [-0.25, -0.2) is 0 Å². The van der Waals surface area contributed by atoms with Gasteiger partial charge in [-0.15, -0.1) is 0 Å². The standard InChI is InChI=1S/C18H19NO3/c1-11-9-13(20)5-8-17(11)19-18(21)16-10-15(16)12-3-6-14(22-2)7-4-12/h3-9,15-16,20H,10H2,1-2H3,(H,19,21). The number of amides is 1. The van der Waals surface area contributed by atoms with Crippen LogP contribution in [0.1, 0.15) is 23.5 Å². The molecule has 2 aromatic carbocycles. The van der Waals surface area contributed by atoms with E-state index in [-0.39, 0.29) is 23.5 Å². The average Bonchev–Trinajstić information content (AvgIpc) is 3.31. The highest BCUT2D eigenvalue weighted by Crippen LogP contribution is 2.48. The van der Waals surface area contributed by atoms with E-state index in [9.17, 15) is 9.90 Å². The predicted octanol–water partition coefficient (Wildman–Crippen LogP) is 3.45. The molecule has 1 aliphatic carbocycles. The van der Waals surface area contributed by atoms with E-state index in [1.165, 1.54) is 5.56 Å². The molecule has 0 spiro atoms. The highest BCUT2D eigenvalue weighted by molar-refractivity contribution is 5.95. The lowest BCUT2D eigenvalue weighted by atomic mass is 10.1. The van der Waals surface area contributed by atoms with E-state index < -0.39 is 0 Å². The zero-order chi connectivity index (χ0) is 15.7. The van der Waals surface area contributed by atoms with Crippen molar-refractivity contribution in [3.8, 4) is 11.5 Å². The van der Waals surface area contributed by atoms with Gasteiger partial charge in [-0.2, -0.15) is 0 Å². The summed E-state index contributed by atoms with van der Waals surface area (Å²) in [5, 5.41) is 12.4. The zero-order valence-corrected chi connectivity index (χ0v) is 12.7. The third-order valence-electron chi connectivity index (χ3n) is 4.14. The summed E-state index contributed by atoms with van der Waals surface area (Å²) in [6.07, 6.45) is 0.870. The van der Waals surface area contributed by atoms with Crippen molar-refractivity contribution in [3.05, 3.63) is 53.6 Å². The first-order valence-electron chi connectivity index (χ1n) is 7.33. The number of carbonyl (C=O) groups is 1. The van der Waals surface area contributed by atoms with Gasteiger partial charge < -0.3 is 15.2 Å². The summed E-state index contributed by atoms with van der Waals surface area (Å²) < 4.78 is 5.15. The van der Waals surface area contributed by atoms with Gasteiger partial charge in [0.1, 0.15) is 11.5 Å². The number of phenolic OH excluding ortho intramolecular Hbond substituents is 1. The number of rotatable bonds is 4. The maximum absolute atomic E-state index is 12.3. The molecule has 4 heteroatoms. The van der Waals surface area contributed by atoms with Gasteiger partial charge in [0.25, 0.3) is 0 Å². The number of carbonyl (C=O) groups excluding carboxylic acids is 1. The summed E-state index contributed by atoms with van der Waals surface area (Å²) in [5.74, 6) is 1.36. The van der Waals surface area contributed by atoms with Crippen LogP contribution in [0.4, 0.5) is 5.69 Å². The van der Waals surface area contributed by atoms with Crippen molar-refractivity contribution in [1.29, 1.82) is 0 Å². The van der Waals surface area contributed by atoms with Crippen molar-refractivity contribution in [1.82, 2.24) is 0 Å². The maximum Gasteiger partial charge on any atom is 0.228 e. The highest BCUT2D eigenvalue weighted by atomic mass is 16.5. The maximum atomic E-state index is 12.3. The molecule has 1 aliphatic rings. The van der Waals surface area contributed by atoms with Crippen LogP contribution in [0.25, 0.3) is 0 Å². The second-order valence-corrected chi connectivity index (χ2v) is 5.71. The van der Waals surface area contributed by atoms with Crippen molar-refractivity contribution in [3.63, 3.8) is 0 Å². The Hall–Kier alpha value is -2.49. The first-order chi connectivity index (χ1) is 10.6. The molecule has 0 radical (unpaired) electrons. The second-order valence-electron chi connectivity index (χ2n) is 5.71. The molecule has 2 atom stereocenters. The number of aromatic hydroxyl groups is 1. The predicted molar refractivity (Wildman–Crippen MR) is 85.3 cm³/mol. The van der Waals surface area contributed by atoms with Gasteiger partial charge in [0, 0.05) is 11.6 Å². The van der Waals surface area contributed by atoms with Crippen molar-refractivity contribution in [2.24, 2.45) is 5.92 Å². The van der Waals surface area contributed by atoms with Gasteiger partial charge >= 0.3 is 0 Å². The summed E-state index contributed by atoms with van der Waals surface area (Å²) in [6.45, 7) is 1.86. The molecule has 2 aromatic rings. The van der Waals surface area contributed by atoms with Crippen LogP contribution in [0, 0.1) is 12.8 Å². The lowest BCUT2D eigenvalue weighted by Gasteiger charge is -2.09. The van der Waals surface area contributed by atoms with E-state index in [1.54, 1.807) is 25.3 Å². The first-order valence-corrected chi connectivity index (χ1v) is 7.33. The van der Waals surface area contributed by atoms with Crippen LogP contribution in [0.5, 0.6) is 11.5 Å². The molecule has 4 nitrogen and oxygen atoms in total. The fourth-order valence-electron chi connectivity index (χ4n) is 2.72. The molecule has 1 fully saturated rings. The molecule has 0 saturated heterocycles. The Morgan fingerprint density at radius 1 is 1.23 bits per heavy atom. The second kappa shape index (κ2) is 5.72. The fourth-order valence-corrected chi connectivity index (χ4v) is 2.72. The Morgan fingerprint density at radius 2 is 1.95 bits per heavy atom. The smallest absolute Gasteiger partial charge is 0.228 e. The Bertz CT molecular complexity index is 694. The number of benzene rings is 2. The number of phenols is 1. The molecule has 1 amide bonds. The summed E-state index contributed by atoms with van der Waals surface area (Å²) in [5.41, 5.74) is 2.78. The number of hydrogen-bond acceptors (Lipinski definition) is 3. The third kappa shape index (κ3) is 2.91. The minimum atomic E-state index is 0.0154. The summed E-state index contributed by atoms with van der Waals surface area (Å²) in [4.78, 5) is 12.3. The van der Waals surface area contributed by atoms with Crippen molar-refractivity contribution in [2.45, 2.75) is 19.3 Å². The van der Waals surface area contributed by atoms with Crippen LogP contribution in [0.15, 0.2) is 42.5 Å². The molecule has 0 aliphatic heterocycles. The van der Waals surface area contributed by atoms with E-state index in [1.807, 2.05) is 31.2 Å². The minimum Gasteiger partial charge on any atom is -0.508 e. The molecule has 2 N–H and O–H groups in total. The molecule has 0 heterocycles. The number of hydrogen-bond donors (Lipinski definition) is 2. The Balaban J connectivity index is 1.64. The number of methoxy groups -OCH3 is 1. The summed E-state index contributed by atoms with van der Waals surface area (Å²) >= 11 is 0. The highest BCUT2D eigenvalue weighted by Gasteiger charge is 2.43. The average molecular weight is 297 g/mol. The largest absolute Gasteiger partial charge is 0.508 e. The van der Waals surface area contributed by atoms with Crippen molar-refractivity contribution in [2.75, 3.05) is 12.4 Å². The number of anilines is 1. The van der Waals surface area contributed by atoms with Gasteiger partial charge in [0.15, 0.2) is 0 Å². The molecule has 2 unspecified atom stereocenters. The van der Waals surface area contributed by atoms with Crippen LogP contribution in [-0.4, -0.2) is 18.1 Å². The summed E-state index contributed by atoms with van der Waals surface area (Å²) in [6, 6.07) is 12.8. The molecular formula is C18H19NO3. The number of ether oxygens (including phenoxy) is 1. The number of nitrogens with one attached hydrogen (secondary N) is 1. The SMILES string of the molecule is COc1ccc(C2CC2C(=O)Nc2ccc(O)cc2C)cc1. The van der Waals surface area contributed by atoms with E-state index in [2.05, 4.69) is 5.32 Å². The Morgan fingerprint density at radius 3 is 2.59 bits per heavy atom. The molecule has 1 saturated carbocycles. The van der Waals surface area contributed by atoms with Gasteiger partial charge in [-0.3, -0.25) is 4.79 Å². The molecule has 114 valence electrons. The van der Waals surface area contributed by atoms with Crippen LogP contribution in [0.3, 0.4) is 0 Å². The van der Waals surface area contributed by atoms with Gasteiger partial charge in [-0.1, -0.05) is 12.1 Å². The van der Waals surface area contributed by atoms with E-state index in [0.29, 0.717) is 0 Å². The van der Waals surface area contributed by atoms with Crippen LogP contribution in [-0.2, 0) is 4.79 Å². The quantitative estimate of drug-likeness (QED) is 0.850. The molecule has 22 heavy (non-hydrogen) atoms. The topological polar surface area (TPSA) is 58.6 Å². The lowest BCUT2D eigenvalue weighted by molar-refractivity contribution is -0.117. The molecule has 0 aromatic heterocycles. The van der Waals surface area contributed by atoms with Gasteiger partial charge in [0.2, 0.25) is 5.91 Å². The third-order valence-corrected chi connectivity index (χ3v) is 4.14. The van der Waals surface area contributed by atoms with Crippen LogP contribution in [0.2, 0.25) is 0 Å². The van der Waals surface area contributed by atoms with Crippen LogP contribution < -0.4 is 10.1 Å². The van der Waals surface area contributed by atoms with Gasteiger partial charge in [0.05, 0.1) is 7.11 Å². The summed E-state index contributed by atoms with van der Waals surface area (Å²) in [7, 11) is 1.64. The normalized spacial score (nSPS) is 19.5. The first kappa shape index (κ1) is 14.4. The van der Waals surface area contributed by atoms with E-state index in [0.717, 1.165) is 23.4 Å². The Labute approximate surface area is 129 Å². The molecular weight excluding hydrogens is 278 g/mol. The lowest BCUT2D eigenvalue weighted by Crippen LogP contribution is -2.15. The monoisotopic (exact) mass is 297 g/mol. The van der Waals surface area contributed by atoms with E-state index >= 15 is 0 Å². The van der Waals surface area contributed by atoms with Crippen LogP contribution >= 0.6 is 0 Å². The zero-order valence-electron chi connectivity index (χ0n) is 12.7. The molecule has 0 bridgehead atoms. The minimum absolute atomic E-state index is 0.0154. The molecule has 3 rings (SSSR count). The van der Waals surface area contributed by atoms with E-state index in [4.69, 9.17) is 4.74 Å².